The average molecular weight is 593 g/mol. The lowest BCUT2D eigenvalue weighted by atomic mass is 10.0. The van der Waals surface area contributed by atoms with E-state index in [0.717, 1.165) is 32.1 Å². The van der Waals surface area contributed by atoms with Crippen LogP contribution in [0.3, 0.4) is 0 Å². The van der Waals surface area contributed by atoms with E-state index in [-0.39, 0.29) is 21.4 Å². The van der Waals surface area contributed by atoms with Gasteiger partial charge in [0.15, 0.2) is 6.10 Å². The zero-order valence-corrected chi connectivity index (χ0v) is 25.7. The zero-order chi connectivity index (χ0) is 30.2. The molecule has 6 nitrogen and oxygen atoms in total. The van der Waals surface area contributed by atoms with Crippen molar-refractivity contribution in [2.45, 2.75) is 106 Å². The number of aryl methyl sites for hydroxylation is 1. The number of unbranched alkanes of at least 4 members (excludes halogenated alkanes) is 9. The van der Waals surface area contributed by atoms with Gasteiger partial charge in [-0.3, -0.25) is 4.79 Å². The highest BCUT2D eigenvalue weighted by molar-refractivity contribution is 7.91. The van der Waals surface area contributed by atoms with Gasteiger partial charge in [0.25, 0.3) is 5.91 Å². The number of rotatable bonds is 19. The van der Waals surface area contributed by atoms with Crippen molar-refractivity contribution in [2.75, 3.05) is 5.32 Å². The monoisotopic (exact) mass is 592 g/mol. The van der Waals surface area contributed by atoms with Gasteiger partial charge in [0.1, 0.15) is 11.5 Å². The van der Waals surface area contributed by atoms with Gasteiger partial charge in [-0.05, 0) is 91.9 Å². The number of sulfone groups is 1. The van der Waals surface area contributed by atoms with Crippen molar-refractivity contribution in [1.29, 1.82) is 0 Å². The van der Waals surface area contributed by atoms with Crippen LogP contribution < -0.4 is 10.1 Å². The molecule has 0 aromatic heterocycles. The molecule has 7 heteroatoms. The Hall–Kier alpha value is -3.32. The van der Waals surface area contributed by atoms with E-state index in [1.54, 1.807) is 12.1 Å². The molecule has 0 aliphatic rings. The van der Waals surface area contributed by atoms with Gasteiger partial charge in [-0.1, -0.05) is 83.8 Å². The molecule has 0 saturated carbocycles. The molecule has 0 aliphatic heterocycles. The smallest absolute Gasteiger partial charge is 0.265 e. The molecule has 0 bridgehead atoms. The number of ether oxygens (including phenoxy) is 1. The topological polar surface area (TPSA) is 92.7 Å². The second-order valence-corrected chi connectivity index (χ2v) is 12.8. The number of phenolic OH excluding ortho intramolecular Hbond substituents is 1. The highest BCUT2D eigenvalue weighted by Crippen LogP contribution is 2.26. The third-order valence-electron chi connectivity index (χ3n) is 7.36. The first-order valence-electron chi connectivity index (χ1n) is 15.3. The van der Waals surface area contributed by atoms with Gasteiger partial charge < -0.3 is 15.2 Å². The maximum absolute atomic E-state index is 13.3. The van der Waals surface area contributed by atoms with Crippen LogP contribution in [-0.4, -0.2) is 25.5 Å². The van der Waals surface area contributed by atoms with Gasteiger partial charge in [0.2, 0.25) is 9.84 Å². The molecule has 2 N–H and O–H groups in total. The highest BCUT2D eigenvalue weighted by atomic mass is 32.2. The normalized spacial score (nSPS) is 12.1. The van der Waals surface area contributed by atoms with Crippen molar-refractivity contribution >= 4 is 21.4 Å². The molecule has 0 saturated heterocycles. The molecule has 1 atom stereocenters. The SMILES string of the molecule is [CH2]CCc1ccc(NC(=O)C(CCCCCCCCCCCC)Oc2ccc(S(=O)(=O)c3ccc(O)cc3)cc2)cc1. The summed E-state index contributed by atoms with van der Waals surface area (Å²) in [4.78, 5) is 13.5. The molecule has 0 heterocycles. The van der Waals surface area contributed by atoms with Crippen LogP contribution in [-0.2, 0) is 21.1 Å². The Balaban J connectivity index is 1.61. The maximum Gasteiger partial charge on any atom is 0.265 e. The molecule has 42 heavy (non-hydrogen) atoms. The molecule has 3 aromatic carbocycles. The van der Waals surface area contributed by atoms with E-state index in [0.29, 0.717) is 17.9 Å². The fraction of sp³-hybridized carbons (Fsp3) is 0.429. The number of aromatic hydroxyl groups is 1. The first-order valence-corrected chi connectivity index (χ1v) is 16.8. The third-order valence-corrected chi connectivity index (χ3v) is 9.14. The second-order valence-electron chi connectivity index (χ2n) is 10.8. The highest BCUT2D eigenvalue weighted by Gasteiger charge is 2.22. The molecule has 227 valence electrons. The molecular formula is C35H46NO5S. The van der Waals surface area contributed by atoms with Crippen molar-refractivity contribution in [3.8, 4) is 11.5 Å². The Kier molecular flexibility index (Phi) is 13.9. The Bertz CT molecular complexity index is 1300. The molecular weight excluding hydrogens is 546 g/mol. The second kappa shape index (κ2) is 17.6. The van der Waals surface area contributed by atoms with Crippen molar-refractivity contribution < 1.29 is 23.1 Å². The fourth-order valence-electron chi connectivity index (χ4n) is 4.87. The summed E-state index contributed by atoms with van der Waals surface area (Å²) in [7, 11) is -3.75. The van der Waals surface area contributed by atoms with E-state index < -0.39 is 15.9 Å². The summed E-state index contributed by atoms with van der Waals surface area (Å²) in [6.45, 7) is 6.12. The lowest BCUT2D eigenvalue weighted by Gasteiger charge is -2.19. The number of nitrogens with one attached hydrogen (secondary N) is 1. The van der Waals surface area contributed by atoms with Crippen LogP contribution in [0.25, 0.3) is 0 Å². The summed E-state index contributed by atoms with van der Waals surface area (Å²) in [5.41, 5.74) is 1.88. The van der Waals surface area contributed by atoms with Crippen LogP contribution in [0.15, 0.2) is 82.6 Å². The number of hydrogen-bond donors (Lipinski definition) is 2. The minimum atomic E-state index is -3.75. The van der Waals surface area contributed by atoms with E-state index in [4.69, 9.17) is 4.74 Å². The number of anilines is 1. The molecule has 0 aliphatic carbocycles. The fourth-order valence-corrected chi connectivity index (χ4v) is 6.13. The van der Waals surface area contributed by atoms with Crippen LogP contribution in [0.4, 0.5) is 5.69 Å². The predicted octanol–water partition coefficient (Wildman–Crippen LogP) is 8.69. The van der Waals surface area contributed by atoms with E-state index in [1.807, 2.05) is 24.3 Å². The summed E-state index contributed by atoms with van der Waals surface area (Å²) in [6.07, 6.45) is 13.6. The number of amides is 1. The van der Waals surface area contributed by atoms with E-state index in [1.165, 1.54) is 86.9 Å². The van der Waals surface area contributed by atoms with Gasteiger partial charge in [-0.25, -0.2) is 8.42 Å². The largest absolute Gasteiger partial charge is 0.508 e. The van der Waals surface area contributed by atoms with Crippen LogP contribution >= 0.6 is 0 Å². The van der Waals surface area contributed by atoms with Crippen molar-refractivity contribution in [1.82, 2.24) is 0 Å². The summed E-state index contributed by atoms with van der Waals surface area (Å²) < 4.78 is 32.1. The van der Waals surface area contributed by atoms with Crippen LogP contribution in [0.2, 0.25) is 0 Å². The van der Waals surface area contributed by atoms with Crippen molar-refractivity contribution in [3.05, 3.63) is 85.3 Å². The Morgan fingerprint density at radius 2 is 1.31 bits per heavy atom. The Labute approximate surface area is 252 Å². The number of carbonyl (C=O) groups excluding carboxylic acids is 1. The maximum atomic E-state index is 13.3. The summed E-state index contributed by atoms with van der Waals surface area (Å²) >= 11 is 0. The van der Waals surface area contributed by atoms with Gasteiger partial charge >= 0.3 is 0 Å². The Morgan fingerprint density at radius 3 is 1.86 bits per heavy atom. The minimum Gasteiger partial charge on any atom is -0.508 e. The minimum absolute atomic E-state index is 0.00127. The number of hydrogen-bond acceptors (Lipinski definition) is 5. The molecule has 3 aromatic rings. The van der Waals surface area contributed by atoms with E-state index in [9.17, 15) is 18.3 Å². The summed E-state index contributed by atoms with van der Waals surface area (Å²) in [5.74, 6) is 0.202. The van der Waals surface area contributed by atoms with Gasteiger partial charge in [0.05, 0.1) is 9.79 Å². The van der Waals surface area contributed by atoms with Gasteiger partial charge in [0, 0.05) is 5.69 Å². The van der Waals surface area contributed by atoms with Gasteiger partial charge in [-0.15, -0.1) is 0 Å². The molecule has 1 radical (unpaired) electrons. The molecule has 3 rings (SSSR count). The van der Waals surface area contributed by atoms with Crippen LogP contribution in [0.5, 0.6) is 11.5 Å². The molecule has 1 amide bonds. The third kappa shape index (κ3) is 10.8. The van der Waals surface area contributed by atoms with Crippen LogP contribution in [0.1, 0.15) is 89.5 Å². The number of benzene rings is 3. The molecule has 0 fully saturated rings. The standard InChI is InChI=1S/C35H46NO5S/c1-3-5-6-7-8-9-10-11-12-13-15-34(35(38)36-29-18-16-28(14-4-2)17-19-29)41-31-22-26-33(27-23-31)42(39,40)32-24-20-30(37)21-25-32/h16-27,34,37H,2-15H2,1H3,(H,36,38). The summed E-state index contributed by atoms with van der Waals surface area (Å²) in [6, 6.07) is 19.3. The number of phenols is 1. The number of carbonyl (C=O) groups is 1. The van der Waals surface area contributed by atoms with E-state index in [2.05, 4.69) is 19.2 Å². The van der Waals surface area contributed by atoms with E-state index >= 15 is 0 Å². The van der Waals surface area contributed by atoms with Crippen LogP contribution in [0, 0.1) is 6.92 Å². The zero-order valence-electron chi connectivity index (χ0n) is 24.9. The average Bonchev–Trinajstić information content (AvgIpc) is 2.99. The predicted molar refractivity (Wildman–Crippen MR) is 170 cm³/mol. The first kappa shape index (κ1) is 33.2. The van der Waals surface area contributed by atoms with Gasteiger partial charge in [-0.2, -0.15) is 0 Å². The molecule has 0 spiro atoms. The first-order chi connectivity index (χ1) is 20.3. The lowest BCUT2D eigenvalue weighted by molar-refractivity contribution is -0.123. The Morgan fingerprint density at radius 1 is 0.786 bits per heavy atom. The molecule has 1 unspecified atom stereocenters. The quantitative estimate of drug-likeness (QED) is 0.136. The lowest BCUT2D eigenvalue weighted by Crippen LogP contribution is -2.33. The van der Waals surface area contributed by atoms with Crippen molar-refractivity contribution in [2.24, 2.45) is 0 Å². The van der Waals surface area contributed by atoms with Crippen molar-refractivity contribution in [3.63, 3.8) is 0 Å². The summed E-state index contributed by atoms with van der Waals surface area (Å²) in [5, 5.41) is 12.5.